The van der Waals surface area contributed by atoms with E-state index in [0.29, 0.717) is 18.9 Å². The van der Waals surface area contributed by atoms with E-state index in [1.807, 2.05) is 20.8 Å². The van der Waals surface area contributed by atoms with Crippen LogP contribution in [0.4, 0.5) is 0 Å². The zero-order valence-electron chi connectivity index (χ0n) is 10.4. The second-order valence-corrected chi connectivity index (χ2v) is 4.38. The van der Waals surface area contributed by atoms with E-state index in [9.17, 15) is 9.59 Å². The Hall–Kier alpha value is -1.10. The molecule has 0 aromatic heterocycles. The molecule has 5 nitrogen and oxygen atoms in total. The number of hydrogen-bond acceptors (Lipinski definition) is 3. The summed E-state index contributed by atoms with van der Waals surface area (Å²) in [5.41, 5.74) is 5.44. The molecule has 0 saturated carbocycles. The van der Waals surface area contributed by atoms with Gasteiger partial charge < -0.3 is 16.4 Å². The molecule has 1 unspecified atom stereocenters. The molecule has 0 rings (SSSR count). The molecule has 0 aliphatic heterocycles. The van der Waals surface area contributed by atoms with Gasteiger partial charge >= 0.3 is 0 Å². The average molecular weight is 229 g/mol. The predicted molar refractivity (Wildman–Crippen MR) is 63.7 cm³/mol. The van der Waals surface area contributed by atoms with Crippen molar-refractivity contribution in [2.45, 2.75) is 39.7 Å². The van der Waals surface area contributed by atoms with Crippen LogP contribution in [-0.2, 0) is 9.59 Å². The highest BCUT2D eigenvalue weighted by Crippen LogP contribution is 2.02. The third-order valence-electron chi connectivity index (χ3n) is 2.16. The van der Waals surface area contributed by atoms with E-state index in [1.165, 1.54) is 0 Å². The van der Waals surface area contributed by atoms with Gasteiger partial charge in [-0.25, -0.2) is 0 Å². The van der Waals surface area contributed by atoms with E-state index >= 15 is 0 Å². The summed E-state index contributed by atoms with van der Waals surface area (Å²) in [5.74, 6) is 0.0877. The first kappa shape index (κ1) is 14.9. The minimum absolute atomic E-state index is 0.0496. The molecule has 0 aromatic rings. The molecule has 16 heavy (non-hydrogen) atoms. The minimum atomic E-state index is -0.157. The zero-order chi connectivity index (χ0) is 12.6. The standard InChI is InChI=1S/C11H23N3O2/c1-8(2)14-11(16)7-13-10(15)5-4-9(3)6-12/h8-9H,4-7,12H2,1-3H3,(H,13,15)(H,14,16). The van der Waals surface area contributed by atoms with Gasteiger partial charge in [0.1, 0.15) is 0 Å². The van der Waals surface area contributed by atoms with Crippen LogP contribution in [0.2, 0.25) is 0 Å². The molecule has 0 heterocycles. The molecule has 0 aromatic carbocycles. The van der Waals surface area contributed by atoms with Crippen LogP contribution in [0.1, 0.15) is 33.6 Å². The molecule has 0 spiro atoms. The van der Waals surface area contributed by atoms with Crippen molar-refractivity contribution in [2.75, 3.05) is 13.1 Å². The lowest BCUT2D eigenvalue weighted by Crippen LogP contribution is -2.39. The fourth-order valence-electron chi connectivity index (χ4n) is 1.14. The quantitative estimate of drug-likeness (QED) is 0.574. The topological polar surface area (TPSA) is 84.2 Å². The summed E-state index contributed by atoms with van der Waals surface area (Å²) in [6.07, 6.45) is 1.18. The summed E-state index contributed by atoms with van der Waals surface area (Å²) >= 11 is 0. The van der Waals surface area contributed by atoms with Gasteiger partial charge in [-0.05, 0) is 32.7 Å². The van der Waals surface area contributed by atoms with Gasteiger partial charge in [-0.15, -0.1) is 0 Å². The van der Waals surface area contributed by atoms with Gasteiger partial charge in [-0.2, -0.15) is 0 Å². The van der Waals surface area contributed by atoms with Crippen molar-refractivity contribution >= 4 is 11.8 Å². The van der Waals surface area contributed by atoms with Gasteiger partial charge in [0.15, 0.2) is 0 Å². The van der Waals surface area contributed by atoms with Gasteiger partial charge in [0.2, 0.25) is 11.8 Å². The van der Waals surface area contributed by atoms with Crippen LogP contribution in [0.25, 0.3) is 0 Å². The van der Waals surface area contributed by atoms with Gasteiger partial charge in [-0.1, -0.05) is 6.92 Å². The predicted octanol–water partition coefficient (Wildman–Crippen LogP) is 0.00220. The van der Waals surface area contributed by atoms with Gasteiger partial charge in [0, 0.05) is 12.5 Å². The Morgan fingerprint density at radius 2 is 1.81 bits per heavy atom. The largest absolute Gasteiger partial charge is 0.352 e. The second kappa shape index (κ2) is 8.10. The van der Waals surface area contributed by atoms with Crippen molar-refractivity contribution in [1.82, 2.24) is 10.6 Å². The molecule has 0 aliphatic rings. The SMILES string of the molecule is CC(CN)CCC(=O)NCC(=O)NC(C)C. The van der Waals surface area contributed by atoms with Gasteiger partial charge in [0.05, 0.1) is 6.54 Å². The molecule has 4 N–H and O–H groups in total. The fraction of sp³-hybridized carbons (Fsp3) is 0.818. The van der Waals surface area contributed by atoms with E-state index in [4.69, 9.17) is 5.73 Å². The molecule has 0 radical (unpaired) electrons. The molecule has 0 bridgehead atoms. The number of carbonyl (C=O) groups is 2. The van der Waals surface area contributed by atoms with E-state index in [2.05, 4.69) is 10.6 Å². The highest BCUT2D eigenvalue weighted by Gasteiger charge is 2.07. The van der Waals surface area contributed by atoms with Crippen LogP contribution in [0.15, 0.2) is 0 Å². The van der Waals surface area contributed by atoms with Crippen molar-refractivity contribution in [3.05, 3.63) is 0 Å². The molecular formula is C11H23N3O2. The summed E-state index contributed by atoms with van der Waals surface area (Å²) in [4.78, 5) is 22.5. The lowest BCUT2D eigenvalue weighted by Gasteiger charge is -2.10. The smallest absolute Gasteiger partial charge is 0.239 e. The van der Waals surface area contributed by atoms with Crippen molar-refractivity contribution in [1.29, 1.82) is 0 Å². The Balaban J connectivity index is 3.61. The lowest BCUT2D eigenvalue weighted by atomic mass is 10.1. The normalized spacial score (nSPS) is 12.3. The minimum Gasteiger partial charge on any atom is -0.352 e. The number of amides is 2. The number of carbonyl (C=O) groups excluding carboxylic acids is 2. The molecule has 0 aliphatic carbocycles. The molecule has 0 fully saturated rings. The summed E-state index contributed by atoms with van der Waals surface area (Å²) in [6, 6.07) is 0.0988. The molecule has 94 valence electrons. The van der Waals surface area contributed by atoms with Crippen molar-refractivity contribution < 1.29 is 9.59 Å². The molecule has 0 saturated heterocycles. The Labute approximate surface area is 97.2 Å². The third kappa shape index (κ3) is 8.23. The first-order valence-electron chi connectivity index (χ1n) is 5.71. The van der Waals surface area contributed by atoms with Crippen LogP contribution in [0, 0.1) is 5.92 Å². The maximum atomic E-state index is 11.3. The molecule has 1 atom stereocenters. The van der Waals surface area contributed by atoms with Crippen molar-refractivity contribution in [3.8, 4) is 0 Å². The molecule has 5 heteroatoms. The van der Waals surface area contributed by atoms with Crippen LogP contribution in [0.3, 0.4) is 0 Å². The lowest BCUT2D eigenvalue weighted by molar-refractivity contribution is -0.126. The van der Waals surface area contributed by atoms with Crippen LogP contribution < -0.4 is 16.4 Å². The van der Waals surface area contributed by atoms with Gasteiger partial charge in [0.25, 0.3) is 0 Å². The third-order valence-corrected chi connectivity index (χ3v) is 2.16. The molecular weight excluding hydrogens is 206 g/mol. The zero-order valence-corrected chi connectivity index (χ0v) is 10.4. The van der Waals surface area contributed by atoms with E-state index < -0.39 is 0 Å². The Morgan fingerprint density at radius 1 is 1.19 bits per heavy atom. The first-order chi connectivity index (χ1) is 7.45. The number of nitrogens with one attached hydrogen (secondary N) is 2. The van der Waals surface area contributed by atoms with Crippen molar-refractivity contribution in [2.24, 2.45) is 11.7 Å². The number of hydrogen-bond donors (Lipinski definition) is 3. The number of rotatable bonds is 7. The Kier molecular flexibility index (Phi) is 7.54. The average Bonchev–Trinajstić information content (AvgIpc) is 2.22. The summed E-state index contributed by atoms with van der Waals surface area (Å²) < 4.78 is 0. The fourth-order valence-corrected chi connectivity index (χ4v) is 1.14. The monoisotopic (exact) mass is 229 g/mol. The van der Waals surface area contributed by atoms with E-state index in [0.717, 1.165) is 6.42 Å². The van der Waals surface area contributed by atoms with Gasteiger partial charge in [-0.3, -0.25) is 9.59 Å². The van der Waals surface area contributed by atoms with E-state index in [1.54, 1.807) is 0 Å². The Morgan fingerprint density at radius 3 is 2.31 bits per heavy atom. The first-order valence-corrected chi connectivity index (χ1v) is 5.71. The Bertz CT molecular complexity index is 229. The van der Waals surface area contributed by atoms with Crippen LogP contribution in [-0.4, -0.2) is 30.9 Å². The van der Waals surface area contributed by atoms with Crippen molar-refractivity contribution in [3.63, 3.8) is 0 Å². The maximum absolute atomic E-state index is 11.3. The number of nitrogens with two attached hydrogens (primary N) is 1. The highest BCUT2D eigenvalue weighted by molar-refractivity contribution is 5.84. The highest BCUT2D eigenvalue weighted by atomic mass is 16.2. The van der Waals surface area contributed by atoms with Crippen LogP contribution >= 0.6 is 0 Å². The molecule has 2 amide bonds. The second-order valence-electron chi connectivity index (χ2n) is 4.38. The summed E-state index contributed by atoms with van der Waals surface area (Å²) in [6.45, 7) is 6.39. The summed E-state index contributed by atoms with van der Waals surface area (Å²) in [5, 5.41) is 5.28. The maximum Gasteiger partial charge on any atom is 0.239 e. The summed E-state index contributed by atoms with van der Waals surface area (Å²) in [7, 11) is 0. The van der Waals surface area contributed by atoms with Crippen LogP contribution in [0.5, 0.6) is 0 Å². The van der Waals surface area contributed by atoms with E-state index in [-0.39, 0.29) is 24.4 Å².